The number of guanidine groups is 2. The predicted octanol–water partition coefficient (Wildman–Crippen LogP) is -5.94. The van der Waals surface area contributed by atoms with Gasteiger partial charge >= 0.3 is 12.1 Å². The number of rotatable bonds is 5. The van der Waals surface area contributed by atoms with Gasteiger partial charge in [0, 0.05) is 12.3 Å². The lowest BCUT2D eigenvalue weighted by Gasteiger charge is -2.45. The van der Waals surface area contributed by atoms with E-state index in [2.05, 4.69) is 15.3 Å². The number of nitrogens with two attached hydrogens (primary N) is 2. The molecule has 5 aliphatic rings. The number of hydroxylamine groups is 3. The van der Waals surface area contributed by atoms with E-state index in [0.29, 0.717) is 0 Å². The minimum absolute atomic E-state index is 0.0829. The Morgan fingerprint density at radius 1 is 1.40 bits per heavy atom. The second kappa shape index (κ2) is 7.73. The number of nitrogens with one attached hydrogen (secondary N) is 2. The van der Waals surface area contributed by atoms with Gasteiger partial charge in [-0.15, -0.1) is 0 Å². The van der Waals surface area contributed by atoms with E-state index >= 15 is 0 Å². The summed E-state index contributed by atoms with van der Waals surface area (Å²) in [5.74, 6) is -5.03. The van der Waals surface area contributed by atoms with Crippen LogP contribution in [0.15, 0.2) is 4.99 Å². The molecular formula is C16H25N8O11+. The molecule has 3 bridgehead atoms. The Balaban J connectivity index is 1.72. The van der Waals surface area contributed by atoms with Crippen molar-refractivity contribution in [3.8, 4) is 0 Å². The first-order valence-electron chi connectivity index (χ1n) is 10.4. The zero-order valence-electron chi connectivity index (χ0n) is 18.0. The highest BCUT2D eigenvalue weighted by Gasteiger charge is 2.84. The average Bonchev–Trinajstić information content (AvgIpc) is 3.42. The van der Waals surface area contributed by atoms with Crippen molar-refractivity contribution < 1.29 is 59.4 Å². The molecule has 5 rings (SSSR count). The minimum atomic E-state index is -3.06. The molecule has 0 aliphatic carbocycles. The monoisotopic (exact) mass is 505 g/mol. The quantitative estimate of drug-likeness (QED) is 0.0553. The van der Waals surface area contributed by atoms with Crippen molar-refractivity contribution in [2.45, 2.75) is 41.6 Å². The topological polar surface area (TPSA) is 270 Å². The molecule has 3 fully saturated rings. The second-order valence-corrected chi connectivity index (χ2v) is 8.88. The van der Waals surface area contributed by atoms with Gasteiger partial charge in [0.15, 0.2) is 24.3 Å². The van der Waals surface area contributed by atoms with Crippen molar-refractivity contribution in [2.75, 3.05) is 26.5 Å². The summed E-state index contributed by atoms with van der Waals surface area (Å²) < 4.78 is 6.06. The van der Waals surface area contributed by atoms with Gasteiger partial charge in [0.25, 0.3) is 17.4 Å². The molecule has 2 unspecified atom stereocenters. The Morgan fingerprint density at radius 2 is 2.14 bits per heavy atom. The fraction of sp³-hybridized carbons (Fsp3) is 0.750. The summed E-state index contributed by atoms with van der Waals surface area (Å²) in [6.45, 7) is -1.63. The van der Waals surface area contributed by atoms with Crippen molar-refractivity contribution >= 4 is 23.9 Å². The number of nitrogens with zero attached hydrogens (tertiary/aromatic N) is 4. The highest BCUT2D eigenvalue weighted by Crippen LogP contribution is 2.54. The summed E-state index contributed by atoms with van der Waals surface area (Å²) in [4.78, 5) is 41.2. The summed E-state index contributed by atoms with van der Waals surface area (Å²) in [6, 6.07) is -3.77. The van der Waals surface area contributed by atoms with Gasteiger partial charge in [-0.05, 0) is 0 Å². The maximum Gasteiger partial charge on any atom is 0.432 e. The fourth-order valence-corrected chi connectivity index (χ4v) is 5.78. The number of carbonyl (C=O) groups excluding carboxylic acids is 2. The lowest BCUT2D eigenvalue weighted by Crippen LogP contribution is -2.78. The third-order valence-corrected chi connectivity index (χ3v) is 7.36. The summed E-state index contributed by atoms with van der Waals surface area (Å²) in [5, 5.41) is 59.0. The highest BCUT2D eigenvalue weighted by atomic mass is 17.5. The van der Waals surface area contributed by atoms with Crippen LogP contribution in [0.1, 0.15) is 6.42 Å². The van der Waals surface area contributed by atoms with Crippen LogP contribution in [0.3, 0.4) is 0 Å². The maximum absolute atomic E-state index is 13.7. The van der Waals surface area contributed by atoms with Gasteiger partial charge < -0.3 is 25.8 Å². The van der Waals surface area contributed by atoms with Gasteiger partial charge in [-0.2, -0.15) is 4.89 Å². The number of aliphatic hydroxyl groups excluding tert-OH is 1. The molecule has 19 nitrogen and oxygen atoms in total. The number of hydrogen-bond donors (Lipinski definition) is 9. The van der Waals surface area contributed by atoms with Gasteiger partial charge in [0.2, 0.25) is 0 Å². The largest absolute Gasteiger partial charge is 0.432 e. The molecule has 194 valence electrons. The number of carbonyl (C=O) groups is 2. The molecule has 35 heavy (non-hydrogen) atoms. The molecular weight excluding hydrogens is 480 g/mol. The van der Waals surface area contributed by atoms with Crippen LogP contribution in [-0.4, -0.2) is 126 Å². The van der Waals surface area contributed by atoms with Crippen LogP contribution in [0.4, 0.5) is 4.79 Å². The van der Waals surface area contributed by atoms with Crippen molar-refractivity contribution in [3.05, 3.63) is 0 Å². The normalized spacial score (nSPS) is 38.9. The molecule has 0 aromatic rings. The zero-order valence-corrected chi connectivity index (χ0v) is 18.0. The first-order chi connectivity index (χ1) is 16.6. The Labute approximate surface area is 195 Å². The molecule has 5 aliphatic heterocycles. The maximum atomic E-state index is 13.7. The predicted molar refractivity (Wildman–Crippen MR) is 104 cm³/mol. The Hall–Kier alpha value is -3.04. The molecule has 1 spiro atoms. The lowest BCUT2D eigenvalue weighted by atomic mass is 9.78. The highest BCUT2D eigenvalue weighted by molar-refractivity contribution is 5.92. The second-order valence-electron chi connectivity index (χ2n) is 8.88. The van der Waals surface area contributed by atoms with Crippen LogP contribution in [0.25, 0.3) is 0 Å². The molecule has 6 atom stereocenters. The van der Waals surface area contributed by atoms with E-state index in [0.717, 1.165) is 9.96 Å². The van der Waals surface area contributed by atoms with Gasteiger partial charge in [-0.3, -0.25) is 30.8 Å². The molecule has 2 amide bonds. The third-order valence-electron chi connectivity index (χ3n) is 7.36. The fourth-order valence-electron chi connectivity index (χ4n) is 5.78. The van der Waals surface area contributed by atoms with Crippen LogP contribution >= 0.6 is 0 Å². The third kappa shape index (κ3) is 2.82. The van der Waals surface area contributed by atoms with E-state index in [1.165, 1.54) is 10.1 Å². The average molecular weight is 505 g/mol. The Kier molecular flexibility index (Phi) is 5.23. The molecule has 0 saturated carbocycles. The Morgan fingerprint density at radius 3 is 2.80 bits per heavy atom. The molecule has 3 saturated heterocycles. The minimum Gasteiger partial charge on any atom is -0.427 e. The van der Waals surface area contributed by atoms with E-state index in [9.17, 15) is 30.2 Å². The molecule has 19 heteroatoms. The first-order valence-corrected chi connectivity index (χ1v) is 10.4. The molecule has 0 radical (unpaired) electrons. The van der Waals surface area contributed by atoms with Crippen LogP contribution in [0.2, 0.25) is 0 Å². The van der Waals surface area contributed by atoms with Gasteiger partial charge in [-0.1, -0.05) is 5.04 Å². The SMILES string of the molecule is NC1=NC23C([C@H]4NC(N)=[N+]2C[C@](OOO)(C[C@H]2[C@@H](CO)CON2C4=O)C3(O)O)N1COC(=O)NO. The molecule has 11 N–H and O–H groups in total. The summed E-state index contributed by atoms with van der Waals surface area (Å²) >= 11 is 0. The van der Waals surface area contributed by atoms with Crippen LogP contribution < -0.4 is 22.3 Å². The molecule has 0 aromatic heterocycles. The summed E-state index contributed by atoms with van der Waals surface area (Å²) in [5.41, 5.74) is 9.07. The summed E-state index contributed by atoms with van der Waals surface area (Å²) in [7, 11) is 0. The van der Waals surface area contributed by atoms with E-state index in [4.69, 9.17) is 31.1 Å². The number of aliphatic imine (C=N–C) groups is 1. The smallest absolute Gasteiger partial charge is 0.427 e. The van der Waals surface area contributed by atoms with Crippen molar-refractivity contribution in [1.82, 2.24) is 20.8 Å². The van der Waals surface area contributed by atoms with E-state index in [1.807, 2.05) is 0 Å². The van der Waals surface area contributed by atoms with Crippen molar-refractivity contribution in [3.63, 3.8) is 0 Å². The molecule has 0 aromatic carbocycles. The van der Waals surface area contributed by atoms with E-state index in [-0.39, 0.29) is 18.5 Å². The van der Waals surface area contributed by atoms with Crippen LogP contribution in [0.5, 0.6) is 0 Å². The van der Waals surface area contributed by atoms with Gasteiger partial charge in [0.1, 0.15) is 12.6 Å². The zero-order chi connectivity index (χ0) is 25.3. The van der Waals surface area contributed by atoms with E-state index < -0.39 is 79.4 Å². The Bertz CT molecular complexity index is 1010. The van der Waals surface area contributed by atoms with Gasteiger partial charge in [0.05, 0.1) is 19.3 Å². The van der Waals surface area contributed by atoms with Crippen molar-refractivity contribution in [2.24, 2.45) is 22.4 Å². The van der Waals surface area contributed by atoms with Crippen LogP contribution in [-0.2, 0) is 24.3 Å². The van der Waals surface area contributed by atoms with E-state index in [1.54, 1.807) is 0 Å². The number of fused-ring (bicyclic) bond motifs is 2. The number of aliphatic hydroxyl groups is 3. The number of hydrogen-bond acceptors (Lipinski definition) is 16. The lowest BCUT2D eigenvalue weighted by molar-refractivity contribution is -0.622. The number of amides is 2. The van der Waals surface area contributed by atoms with Crippen molar-refractivity contribution in [1.29, 1.82) is 0 Å². The standard InChI is InChI=1S/C16H24N8O11/c17-11-19-8-9-15(20-12(18)22(9)5-32-13(27)21-30)16(28,29)14(34-35-31,4-23(11)15)1-7-6(2-25)3-33-24(7)10(8)26/h6-9,25,28-29H,1-5H2,(H7,17,18,19,20,21,27,30,31)/p+1/t6-,7-,8+,9?,14+,15?/m0/s1. The van der Waals surface area contributed by atoms with Crippen LogP contribution in [0, 0.1) is 5.92 Å². The number of ether oxygens (including phenoxy) is 1. The molecule has 5 heterocycles. The van der Waals surface area contributed by atoms with Gasteiger partial charge in [-0.25, -0.2) is 30.2 Å². The first kappa shape index (κ1) is 23.7. The summed E-state index contributed by atoms with van der Waals surface area (Å²) in [6.07, 6.45) is -1.66.